The third-order valence-corrected chi connectivity index (χ3v) is 4.34. The van der Waals surface area contributed by atoms with Gasteiger partial charge in [0, 0.05) is 24.5 Å². The number of nitrogens with two attached hydrogens (primary N) is 1. The summed E-state index contributed by atoms with van der Waals surface area (Å²) in [4.78, 5) is 26.3. The lowest BCUT2D eigenvalue weighted by Gasteiger charge is -2.28. The fourth-order valence-electron chi connectivity index (χ4n) is 2.80. The predicted molar refractivity (Wildman–Crippen MR) is 106 cm³/mol. The van der Waals surface area contributed by atoms with Gasteiger partial charge in [0.15, 0.2) is 0 Å². The van der Waals surface area contributed by atoms with Crippen LogP contribution < -0.4 is 21.3 Å². The van der Waals surface area contributed by atoms with Gasteiger partial charge in [0.2, 0.25) is 5.91 Å². The molecule has 3 rings (SSSR count). The van der Waals surface area contributed by atoms with E-state index in [1.165, 1.54) is 0 Å². The number of nitrogens with one attached hydrogen (secondary N) is 2. The van der Waals surface area contributed by atoms with Crippen LogP contribution in [0, 0.1) is 0 Å². The first kappa shape index (κ1) is 19.8. The minimum atomic E-state index is -1.15. The van der Waals surface area contributed by atoms with Gasteiger partial charge in [0.1, 0.15) is 5.54 Å². The number of amides is 3. The smallest absolute Gasteiger partial charge is 0.321 e. The lowest BCUT2D eigenvalue weighted by Crippen LogP contribution is -2.46. The Labute approximate surface area is 159 Å². The molecule has 0 aromatic heterocycles. The first-order valence-electron chi connectivity index (χ1n) is 8.30. The molecule has 1 atom stereocenters. The van der Waals surface area contributed by atoms with Crippen molar-refractivity contribution in [2.75, 3.05) is 23.3 Å². The zero-order chi connectivity index (χ0) is 17.9. The maximum atomic E-state index is 12.7. The van der Waals surface area contributed by atoms with E-state index in [4.69, 9.17) is 5.73 Å². The van der Waals surface area contributed by atoms with Crippen LogP contribution >= 0.6 is 12.4 Å². The van der Waals surface area contributed by atoms with Crippen LogP contribution in [0.3, 0.4) is 0 Å². The molecule has 2 aromatic rings. The van der Waals surface area contributed by atoms with E-state index in [1.54, 1.807) is 24.0 Å². The van der Waals surface area contributed by atoms with Crippen molar-refractivity contribution in [1.82, 2.24) is 5.32 Å². The topological polar surface area (TPSA) is 87.5 Å². The van der Waals surface area contributed by atoms with Crippen LogP contribution in [0.1, 0.15) is 18.9 Å². The van der Waals surface area contributed by atoms with E-state index in [1.807, 2.05) is 42.5 Å². The van der Waals surface area contributed by atoms with Gasteiger partial charge in [-0.2, -0.15) is 0 Å². The van der Waals surface area contributed by atoms with Gasteiger partial charge in [-0.15, -0.1) is 12.4 Å². The van der Waals surface area contributed by atoms with Crippen molar-refractivity contribution in [3.63, 3.8) is 0 Å². The van der Waals surface area contributed by atoms with Crippen molar-refractivity contribution >= 4 is 35.7 Å². The number of halogens is 1. The summed E-state index contributed by atoms with van der Waals surface area (Å²) in [6.07, 6.45) is 0.886. The molecule has 1 unspecified atom stereocenters. The van der Waals surface area contributed by atoms with Crippen LogP contribution in [-0.4, -0.2) is 25.0 Å². The summed E-state index contributed by atoms with van der Waals surface area (Å²) >= 11 is 0. The highest BCUT2D eigenvalue weighted by atomic mass is 35.5. The van der Waals surface area contributed by atoms with E-state index in [9.17, 15) is 9.59 Å². The fourth-order valence-corrected chi connectivity index (χ4v) is 2.80. The molecule has 1 aliphatic rings. The summed E-state index contributed by atoms with van der Waals surface area (Å²) in [7, 11) is 0. The van der Waals surface area contributed by atoms with E-state index in [-0.39, 0.29) is 24.3 Å². The zero-order valence-corrected chi connectivity index (χ0v) is 15.4. The minimum Gasteiger partial charge on any atom is -0.338 e. The summed E-state index contributed by atoms with van der Waals surface area (Å²) in [5, 5.41) is 5.67. The summed E-state index contributed by atoms with van der Waals surface area (Å²) in [6, 6.07) is 16.3. The molecule has 138 valence electrons. The van der Waals surface area contributed by atoms with Gasteiger partial charge >= 0.3 is 6.03 Å². The van der Waals surface area contributed by atoms with Crippen LogP contribution in [0.5, 0.6) is 0 Å². The molecular formula is C19H23ClN4O2. The van der Waals surface area contributed by atoms with Crippen molar-refractivity contribution in [3.05, 3.63) is 60.2 Å². The highest BCUT2D eigenvalue weighted by Crippen LogP contribution is 2.24. The van der Waals surface area contributed by atoms with Gasteiger partial charge in [0.05, 0.1) is 0 Å². The molecule has 0 aliphatic carbocycles. The Balaban J connectivity index is 0.00000243. The summed E-state index contributed by atoms with van der Waals surface area (Å²) in [5.41, 5.74) is 7.18. The molecule has 6 nitrogen and oxygen atoms in total. The molecule has 7 heteroatoms. The molecule has 1 aliphatic heterocycles. The number of anilines is 2. The predicted octanol–water partition coefficient (Wildman–Crippen LogP) is 2.84. The number of urea groups is 1. The number of benzene rings is 2. The first-order chi connectivity index (χ1) is 12.0. The molecule has 2 aromatic carbocycles. The number of hydrogen-bond acceptors (Lipinski definition) is 3. The van der Waals surface area contributed by atoms with E-state index >= 15 is 0 Å². The average molecular weight is 375 g/mol. The lowest BCUT2D eigenvalue weighted by atomic mass is 9.92. The van der Waals surface area contributed by atoms with Crippen LogP contribution in [0.2, 0.25) is 0 Å². The van der Waals surface area contributed by atoms with Gasteiger partial charge in [-0.3, -0.25) is 9.69 Å². The molecule has 26 heavy (non-hydrogen) atoms. The largest absolute Gasteiger partial charge is 0.338 e. The van der Waals surface area contributed by atoms with Crippen molar-refractivity contribution in [1.29, 1.82) is 0 Å². The van der Waals surface area contributed by atoms with Crippen molar-refractivity contribution in [2.45, 2.75) is 18.9 Å². The second-order valence-electron chi connectivity index (χ2n) is 6.31. The minimum absolute atomic E-state index is 0. The highest BCUT2D eigenvalue weighted by molar-refractivity contribution is 5.99. The van der Waals surface area contributed by atoms with Gasteiger partial charge in [-0.1, -0.05) is 36.4 Å². The first-order valence-corrected chi connectivity index (χ1v) is 8.30. The quantitative estimate of drug-likeness (QED) is 0.769. The Morgan fingerprint density at radius 3 is 2.62 bits per heavy atom. The third kappa shape index (κ3) is 4.15. The van der Waals surface area contributed by atoms with Crippen LogP contribution in [0.15, 0.2) is 54.6 Å². The molecule has 1 fully saturated rings. The normalized spacial score (nSPS) is 16.1. The Kier molecular flexibility index (Phi) is 6.23. The fraction of sp³-hybridized carbons (Fsp3) is 0.263. The Hall–Kier alpha value is -2.57. The van der Waals surface area contributed by atoms with Gasteiger partial charge in [-0.05, 0) is 37.1 Å². The van der Waals surface area contributed by atoms with Crippen molar-refractivity contribution in [2.24, 2.45) is 5.73 Å². The third-order valence-electron chi connectivity index (χ3n) is 4.34. The number of carbonyl (C=O) groups excluding carboxylic acids is 2. The molecule has 4 N–H and O–H groups in total. The molecule has 3 amide bonds. The maximum Gasteiger partial charge on any atom is 0.321 e. The molecule has 0 bridgehead atoms. The van der Waals surface area contributed by atoms with Crippen LogP contribution in [-0.2, 0) is 10.3 Å². The van der Waals surface area contributed by atoms with E-state index in [0.717, 1.165) is 17.7 Å². The standard InChI is InChI=1S/C19H22N4O2.ClH/c1-19(20,14-7-3-2-4-8-14)17(24)22-15-9-5-10-16(13-15)23-12-6-11-21-18(23)25;/h2-5,7-10,13H,6,11-12,20H2,1H3,(H,21,25)(H,22,24);1H. The Bertz CT molecular complexity index is 780. The number of nitrogens with zero attached hydrogens (tertiary/aromatic N) is 1. The van der Waals surface area contributed by atoms with E-state index < -0.39 is 5.54 Å². The Morgan fingerprint density at radius 2 is 1.92 bits per heavy atom. The monoisotopic (exact) mass is 374 g/mol. The number of carbonyl (C=O) groups is 2. The molecule has 1 saturated heterocycles. The van der Waals surface area contributed by atoms with Crippen molar-refractivity contribution < 1.29 is 9.59 Å². The van der Waals surface area contributed by atoms with E-state index in [0.29, 0.717) is 18.8 Å². The average Bonchev–Trinajstić information content (AvgIpc) is 2.63. The van der Waals surface area contributed by atoms with Crippen LogP contribution in [0.4, 0.5) is 16.2 Å². The SMILES string of the molecule is CC(N)(C(=O)Nc1cccc(N2CCCNC2=O)c1)c1ccccc1.Cl. The molecule has 1 heterocycles. The van der Waals surface area contributed by atoms with Gasteiger partial charge < -0.3 is 16.4 Å². The van der Waals surface area contributed by atoms with E-state index in [2.05, 4.69) is 10.6 Å². The second-order valence-corrected chi connectivity index (χ2v) is 6.31. The van der Waals surface area contributed by atoms with Gasteiger partial charge in [-0.25, -0.2) is 4.79 Å². The number of rotatable bonds is 4. The summed E-state index contributed by atoms with van der Waals surface area (Å²) in [6.45, 7) is 3.02. The maximum absolute atomic E-state index is 12.7. The summed E-state index contributed by atoms with van der Waals surface area (Å²) < 4.78 is 0. The summed E-state index contributed by atoms with van der Waals surface area (Å²) in [5.74, 6) is -0.307. The zero-order valence-electron chi connectivity index (χ0n) is 14.6. The van der Waals surface area contributed by atoms with Crippen LogP contribution in [0.25, 0.3) is 0 Å². The van der Waals surface area contributed by atoms with Gasteiger partial charge in [0.25, 0.3) is 0 Å². The second kappa shape index (κ2) is 8.21. The highest BCUT2D eigenvalue weighted by Gasteiger charge is 2.30. The lowest BCUT2D eigenvalue weighted by molar-refractivity contribution is -0.120. The molecule has 0 radical (unpaired) electrons. The van der Waals surface area contributed by atoms with Crippen molar-refractivity contribution in [3.8, 4) is 0 Å². The molecule has 0 saturated carbocycles. The Morgan fingerprint density at radius 1 is 1.19 bits per heavy atom. The molecular weight excluding hydrogens is 352 g/mol. The molecule has 0 spiro atoms. The number of hydrogen-bond donors (Lipinski definition) is 3.